The van der Waals surface area contributed by atoms with E-state index >= 15 is 0 Å². The van der Waals surface area contributed by atoms with Gasteiger partial charge in [0, 0.05) is 6.61 Å². The molecule has 0 heterocycles. The van der Waals surface area contributed by atoms with Crippen LogP contribution in [0.25, 0.3) is 0 Å². The summed E-state index contributed by atoms with van der Waals surface area (Å²) in [6.45, 7) is 2.34. The predicted molar refractivity (Wildman–Crippen MR) is 81.1 cm³/mol. The van der Waals surface area contributed by atoms with E-state index in [9.17, 15) is 13.9 Å². The molecule has 1 saturated carbocycles. The molecule has 0 amide bonds. The number of aliphatic hydroxyl groups is 1. The number of benzene rings is 1. The molecule has 21 heavy (non-hydrogen) atoms. The average molecular weight is 296 g/mol. The Morgan fingerprint density at radius 1 is 1.19 bits per heavy atom. The van der Waals surface area contributed by atoms with Crippen molar-refractivity contribution in [1.82, 2.24) is 0 Å². The number of rotatable bonds is 6. The summed E-state index contributed by atoms with van der Waals surface area (Å²) in [6, 6.07) is 4.09. The van der Waals surface area contributed by atoms with Crippen molar-refractivity contribution in [2.75, 3.05) is 6.61 Å². The van der Waals surface area contributed by atoms with Gasteiger partial charge in [0.25, 0.3) is 0 Å². The number of aliphatic hydroxyl groups excluding tert-OH is 1. The molecule has 0 saturated heterocycles. The van der Waals surface area contributed by atoms with Crippen molar-refractivity contribution in [2.24, 2.45) is 11.3 Å². The fraction of sp³-hybridized carbons (Fsp3) is 0.667. The van der Waals surface area contributed by atoms with Crippen LogP contribution in [-0.2, 0) is 6.42 Å². The van der Waals surface area contributed by atoms with Crippen LogP contribution in [0.3, 0.4) is 0 Å². The van der Waals surface area contributed by atoms with E-state index in [1.54, 1.807) is 6.07 Å². The number of hydrogen-bond donors (Lipinski definition) is 1. The largest absolute Gasteiger partial charge is 0.396 e. The molecule has 1 aromatic rings. The first-order valence-corrected chi connectivity index (χ1v) is 8.13. The minimum absolute atomic E-state index is 0.131. The highest BCUT2D eigenvalue weighted by Crippen LogP contribution is 2.42. The van der Waals surface area contributed by atoms with Gasteiger partial charge in [-0.15, -0.1) is 0 Å². The van der Waals surface area contributed by atoms with Gasteiger partial charge in [0.2, 0.25) is 0 Å². The van der Waals surface area contributed by atoms with Gasteiger partial charge < -0.3 is 5.11 Å². The van der Waals surface area contributed by atoms with Crippen molar-refractivity contribution in [3.63, 3.8) is 0 Å². The van der Waals surface area contributed by atoms with E-state index in [1.807, 2.05) is 0 Å². The van der Waals surface area contributed by atoms with Gasteiger partial charge in [-0.1, -0.05) is 32.3 Å². The lowest BCUT2D eigenvalue weighted by molar-refractivity contribution is 0.0620. The molecule has 1 fully saturated rings. The van der Waals surface area contributed by atoms with Gasteiger partial charge in [-0.05, 0) is 61.1 Å². The van der Waals surface area contributed by atoms with Gasteiger partial charge in [0.05, 0.1) is 0 Å². The molecule has 0 spiro atoms. The fourth-order valence-corrected chi connectivity index (χ4v) is 3.54. The molecular formula is C18H26F2O. The molecular weight excluding hydrogens is 270 g/mol. The first-order valence-electron chi connectivity index (χ1n) is 8.13. The Morgan fingerprint density at radius 3 is 2.48 bits per heavy atom. The summed E-state index contributed by atoms with van der Waals surface area (Å²) in [5, 5.41) is 9.82. The monoisotopic (exact) mass is 296 g/mol. The normalized spacial score (nSPS) is 26.0. The predicted octanol–water partition coefficient (Wildman–Crippen LogP) is 4.87. The molecule has 1 N–H and O–H groups in total. The maximum absolute atomic E-state index is 13.3. The van der Waals surface area contributed by atoms with Crippen molar-refractivity contribution in [2.45, 2.75) is 58.3 Å². The van der Waals surface area contributed by atoms with E-state index in [-0.39, 0.29) is 12.0 Å². The summed E-state index contributed by atoms with van der Waals surface area (Å²) in [5.74, 6) is -0.827. The van der Waals surface area contributed by atoms with Gasteiger partial charge in [0.1, 0.15) is 0 Å². The molecule has 1 aliphatic rings. The molecule has 0 unspecified atom stereocenters. The van der Waals surface area contributed by atoms with Crippen LogP contribution in [0.4, 0.5) is 8.78 Å². The van der Waals surface area contributed by atoms with Crippen molar-refractivity contribution < 1.29 is 13.9 Å². The Balaban J connectivity index is 1.98. The van der Waals surface area contributed by atoms with E-state index in [4.69, 9.17) is 0 Å². The molecule has 3 heteroatoms. The van der Waals surface area contributed by atoms with E-state index in [1.165, 1.54) is 31.4 Å². The molecule has 0 atom stereocenters. The van der Waals surface area contributed by atoms with Crippen LogP contribution in [0.15, 0.2) is 18.2 Å². The van der Waals surface area contributed by atoms with Gasteiger partial charge >= 0.3 is 0 Å². The van der Waals surface area contributed by atoms with Crippen LogP contribution in [0.2, 0.25) is 0 Å². The van der Waals surface area contributed by atoms with Crippen molar-refractivity contribution in [3.8, 4) is 0 Å². The van der Waals surface area contributed by atoms with Crippen LogP contribution >= 0.6 is 0 Å². The van der Waals surface area contributed by atoms with E-state index in [0.29, 0.717) is 6.42 Å². The Bertz CT molecular complexity index is 451. The summed E-state index contributed by atoms with van der Waals surface area (Å²) < 4.78 is 26.3. The highest BCUT2D eigenvalue weighted by atomic mass is 19.2. The van der Waals surface area contributed by atoms with Crippen LogP contribution in [0.1, 0.15) is 57.4 Å². The van der Waals surface area contributed by atoms with Crippen LogP contribution < -0.4 is 0 Å². The number of hydrogen-bond acceptors (Lipinski definition) is 1. The third-order valence-electron chi connectivity index (χ3n) is 5.03. The minimum Gasteiger partial charge on any atom is -0.396 e. The van der Waals surface area contributed by atoms with E-state index in [0.717, 1.165) is 37.2 Å². The smallest absolute Gasteiger partial charge is 0.159 e. The SMILES string of the molecule is CCCCC1CCC(CO)(Cc2ccc(F)c(F)c2)CC1. The second-order valence-electron chi connectivity index (χ2n) is 6.67. The molecule has 0 radical (unpaired) electrons. The number of halogens is 2. The van der Waals surface area contributed by atoms with Gasteiger partial charge in [0.15, 0.2) is 11.6 Å². The zero-order valence-corrected chi connectivity index (χ0v) is 12.9. The van der Waals surface area contributed by atoms with Crippen molar-refractivity contribution in [1.29, 1.82) is 0 Å². The fourth-order valence-electron chi connectivity index (χ4n) is 3.54. The third-order valence-corrected chi connectivity index (χ3v) is 5.03. The molecule has 0 aromatic heterocycles. The summed E-state index contributed by atoms with van der Waals surface area (Å²) in [5.41, 5.74) is 0.641. The summed E-state index contributed by atoms with van der Waals surface area (Å²) in [7, 11) is 0. The first kappa shape index (κ1) is 16.4. The lowest BCUT2D eigenvalue weighted by Crippen LogP contribution is -2.33. The molecule has 1 aliphatic carbocycles. The second-order valence-corrected chi connectivity index (χ2v) is 6.67. The molecule has 0 bridgehead atoms. The molecule has 118 valence electrons. The Morgan fingerprint density at radius 2 is 1.90 bits per heavy atom. The van der Waals surface area contributed by atoms with Crippen molar-refractivity contribution >= 4 is 0 Å². The summed E-state index contributed by atoms with van der Waals surface area (Å²) in [6.07, 6.45) is 8.68. The zero-order chi connectivity index (χ0) is 15.3. The molecule has 2 rings (SSSR count). The van der Waals surface area contributed by atoms with Crippen LogP contribution in [-0.4, -0.2) is 11.7 Å². The third kappa shape index (κ3) is 4.26. The van der Waals surface area contributed by atoms with Crippen molar-refractivity contribution in [3.05, 3.63) is 35.4 Å². The van der Waals surface area contributed by atoms with Crippen LogP contribution in [0, 0.1) is 23.0 Å². The summed E-state index contributed by atoms with van der Waals surface area (Å²) >= 11 is 0. The second kappa shape index (κ2) is 7.35. The van der Waals surface area contributed by atoms with Gasteiger partial charge in [-0.3, -0.25) is 0 Å². The Hall–Kier alpha value is -0.960. The quantitative estimate of drug-likeness (QED) is 0.794. The van der Waals surface area contributed by atoms with Crippen LogP contribution in [0.5, 0.6) is 0 Å². The molecule has 0 aliphatic heterocycles. The lowest BCUT2D eigenvalue weighted by Gasteiger charge is -2.39. The van der Waals surface area contributed by atoms with E-state index < -0.39 is 11.6 Å². The van der Waals surface area contributed by atoms with E-state index in [2.05, 4.69) is 6.92 Å². The van der Waals surface area contributed by atoms with Gasteiger partial charge in [-0.2, -0.15) is 0 Å². The number of unbranched alkanes of at least 4 members (excludes halogenated alkanes) is 1. The topological polar surface area (TPSA) is 20.2 Å². The minimum atomic E-state index is -0.805. The zero-order valence-electron chi connectivity index (χ0n) is 12.9. The highest BCUT2D eigenvalue weighted by molar-refractivity contribution is 5.19. The molecule has 1 nitrogen and oxygen atoms in total. The highest BCUT2D eigenvalue weighted by Gasteiger charge is 2.34. The standard InChI is InChI=1S/C18H26F2O/c1-2-3-4-14-7-9-18(13-21,10-8-14)12-15-5-6-16(19)17(20)11-15/h5-6,11,14,21H,2-4,7-10,12-13H2,1H3. The lowest BCUT2D eigenvalue weighted by atomic mass is 9.67. The summed E-state index contributed by atoms with van der Waals surface area (Å²) in [4.78, 5) is 0. The maximum atomic E-state index is 13.3. The van der Waals surface area contributed by atoms with Gasteiger partial charge in [-0.25, -0.2) is 8.78 Å². The maximum Gasteiger partial charge on any atom is 0.159 e. The molecule has 1 aromatic carbocycles. The Kier molecular flexibility index (Phi) is 5.74. The average Bonchev–Trinajstić information content (AvgIpc) is 2.50. The Labute approximate surface area is 126 Å². The first-order chi connectivity index (χ1) is 10.1.